The molecule has 0 saturated carbocycles. The second kappa shape index (κ2) is 8.63. The molecule has 0 spiro atoms. The fourth-order valence-corrected chi connectivity index (χ4v) is 3.65. The van der Waals surface area contributed by atoms with Gasteiger partial charge in [0.25, 0.3) is 0 Å². The van der Waals surface area contributed by atoms with Crippen molar-refractivity contribution >= 4 is 17.0 Å². The van der Waals surface area contributed by atoms with Crippen LogP contribution in [0.2, 0.25) is 0 Å². The molecule has 31 heavy (non-hydrogen) atoms. The fraction of sp³-hybridized carbons (Fsp3) is 0.292. The summed E-state index contributed by atoms with van der Waals surface area (Å²) in [6.07, 6.45) is 1.92. The number of hydrogen-bond acceptors (Lipinski definition) is 5. The lowest BCUT2D eigenvalue weighted by molar-refractivity contribution is -0.144. The van der Waals surface area contributed by atoms with Gasteiger partial charge in [0.1, 0.15) is 12.4 Å². The maximum absolute atomic E-state index is 12.5. The SMILES string of the molecule is CCn1nc(-c2ccc(C)cc2OC)cc1CC(=O)OCc1ccc2c(c1)ncn2C. The van der Waals surface area contributed by atoms with Crippen LogP contribution >= 0.6 is 0 Å². The first kappa shape index (κ1) is 20.7. The Morgan fingerprint density at radius 3 is 2.74 bits per heavy atom. The van der Waals surface area contributed by atoms with Crippen LogP contribution in [0.4, 0.5) is 0 Å². The Bertz CT molecular complexity index is 1240. The minimum Gasteiger partial charge on any atom is -0.496 e. The number of benzene rings is 2. The highest BCUT2D eigenvalue weighted by Crippen LogP contribution is 2.30. The number of fused-ring (bicyclic) bond motifs is 1. The molecule has 2 aromatic heterocycles. The number of hydrogen-bond donors (Lipinski definition) is 0. The molecule has 0 atom stereocenters. The maximum atomic E-state index is 12.5. The van der Waals surface area contributed by atoms with E-state index in [0.717, 1.165) is 44.9 Å². The molecule has 0 aliphatic rings. The molecule has 0 N–H and O–H groups in total. The van der Waals surface area contributed by atoms with Crippen molar-refractivity contribution in [1.29, 1.82) is 0 Å². The molecule has 0 aliphatic heterocycles. The summed E-state index contributed by atoms with van der Waals surface area (Å²) in [4.78, 5) is 16.9. The smallest absolute Gasteiger partial charge is 0.312 e. The highest BCUT2D eigenvalue weighted by molar-refractivity contribution is 5.76. The Labute approximate surface area is 181 Å². The van der Waals surface area contributed by atoms with Crippen molar-refractivity contribution < 1.29 is 14.3 Å². The van der Waals surface area contributed by atoms with Crippen LogP contribution in [0, 0.1) is 6.92 Å². The van der Waals surface area contributed by atoms with Gasteiger partial charge in [-0.1, -0.05) is 12.1 Å². The van der Waals surface area contributed by atoms with E-state index in [1.165, 1.54) is 0 Å². The number of aromatic nitrogens is 4. The normalized spacial score (nSPS) is 11.1. The lowest BCUT2D eigenvalue weighted by atomic mass is 10.1. The Kier molecular flexibility index (Phi) is 5.75. The van der Waals surface area contributed by atoms with Crippen LogP contribution in [0.5, 0.6) is 5.75 Å². The van der Waals surface area contributed by atoms with Gasteiger partial charge in [0.05, 0.1) is 42.3 Å². The molecule has 7 heteroatoms. The molecule has 0 unspecified atom stereocenters. The number of carbonyl (C=O) groups excluding carboxylic acids is 1. The molecule has 4 rings (SSSR count). The molecule has 7 nitrogen and oxygen atoms in total. The van der Waals surface area contributed by atoms with Crippen molar-refractivity contribution in [3.63, 3.8) is 0 Å². The number of carbonyl (C=O) groups is 1. The van der Waals surface area contributed by atoms with E-state index in [-0.39, 0.29) is 19.0 Å². The molecule has 4 aromatic rings. The molecule has 2 aromatic carbocycles. The summed E-state index contributed by atoms with van der Waals surface area (Å²) in [5, 5.41) is 4.66. The summed E-state index contributed by atoms with van der Waals surface area (Å²) < 4.78 is 14.8. The summed E-state index contributed by atoms with van der Waals surface area (Å²) in [5.41, 5.74) is 6.45. The van der Waals surface area contributed by atoms with Crippen LogP contribution in [0.3, 0.4) is 0 Å². The first-order chi connectivity index (χ1) is 15.0. The molecule has 0 amide bonds. The Balaban J connectivity index is 1.47. The minimum atomic E-state index is -0.293. The zero-order valence-electron chi connectivity index (χ0n) is 18.3. The third-order valence-corrected chi connectivity index (χ3v) is 5.31. The van der Waals surface area contributed by atoms with E-state index in [1.54, 1.807) is 13.4 Å². The number of methoxy groups -OCH3 is 1. The average molecular weight is 418 g/mol. The summed E-state index contributed by atoms with van der Waals surface area (Å²) in [7, 11) is 3.60. The van der Waals surface area contributed by atoms with Gasteiger partial charge in [-0.3, -0.25) is 9.48 Å². The molecule has 160 valence electrons. The molecule has 0 radical (unpaired) electrons. The summed E-state index contributed by atoms with van der Waals surface area (Å²) in [6.45, 7) is 4.89. The molecule has 2 heterocycles. The third kappa shape index (κ3) is 4.30. The lowest BCUT2D eigenvalue weighted by Crippen LogP contribution is -2.12. The predicted molar refractivity (Wildman–Crippen MR) is 119 cm³/mol. The van der Waals surface area contributed by atoms with Gasteiger partial charge >= 0.3 is 5.97 Å². The van der Waals surface area contributed by atoms with E-state index in [9.17, 15) is 4.79 Å². The standard InChI is InChI=1S/C24H26N4O3/c1-5-28-18(12-20(26-28)19-8-6-16(2)10-23(19)30-4)13-24(29)31-14-17-7-9-22-21(11-17)25-15-27(22)3/h6-12,15H,5,13-14H2,1-4H3. The number of nitrogens with zero attached hydrogens (tertiary/aromatic N) is 4. The van der Waals surface area contributed by atoms with Crippen LogP contribution in [0.1, 0.15) is 23.7 Å². The minimum absolute atomic E-state index is 0.154. The lowest BCUT2D eigenvalue weighted by Gasteiger charge is -2.07. The molecule has 0 fully saturated rings. The van der Waals surface area contributed by atoms with Gasteiger partial charge < -0.3 is 14.0 Å². The van der Waals surface area contributed by atoms with E-state index < -0.39 is 0 Å². The first-order valence-electron chi connectivity index (χ1n) is 10.3. The average Bonchev–Trinajstić information content (AvgIpc) is 3.35. The van der Waals surface area contributed by atoms with Crippen LogP contribution in [0.25, 0.3) is 22.3 Å². The van der Waals surface area contributed by atoms with Crippen molar-refractivity contribution in [2.45, 2.75) is 33.4 Å². The first-order valence-corrected chi connectivity index (χ1v) is 10.3. The van der Waals surface area contributed by atoms with E-state index >= 15 is 0 Å². The number of rotatable bonds is 7. The zero-order chi connectivity index (χ0) is 22.0. The van der Waals surface area contributed by atoms with Gasteiger partial charge in [-0.25, -0.2) is 4.98 Å². The van der Waals surface area contributed by atoms with Crippen LogP contribution in [-0.2, 0) is 36.2 Å². The maximum Gasteiger partial charge on any atom is 0.312 e. The van der Waals surface area contributed by atoms with E-state index in [2.05, 4.69) is 10.1 Å². The van der Waals surface area contributed by atoms with E-state index in [4.69, 9.17) is 9.47 Å². The van der Waals surface area contributed by atoms with Crippen LogP contribution in [-0.4, -0.2) is 32.4 Å². The summed E-state index contributed by atoms with van der Waals surface area (Å²) >= 11 is 0. The third-order valence-electron chi connectivity index (χ3n) is 5.31. The second-order valence-electron chi connectivity index (χ2n) is 7.56. The molecule has 0 aliphatic carbocycles. The molecular weight excluding hydrogens is 392 g/mol. The van der Waals surface area contributed by atoms with Crippen molar-refractivity contribution in [2.75, 3.05) is 7.11 Å². The fourth-order valence-electron chi connectivity index (χ4n) is 3.65. The summed E-state index contributed by atoms with van der Waals surface area (Å²) in [5.74, 6) is 0.470. The Morgan fingerprint density at radius 1 is 1.13 bits per heavy atom. The highest BCUT2D eigenvalue weighted by atomic mass is 16.5. The van der Waals surface area contributed by atoms with E-state index in [0.29, 0.717) is 6.54 Å². The van der Waals surface area contributed by atoms with Crippen LogP contribution < -0.4 is 4.74 Å². The Hall–Kier alpha value is -3.61. The van der Waals surface area contributed by atoms with Crippen LogP contribution in [0.15, 0.2) is 48.8 Å². The zero-order valence-corrected chi connectivity index (χ0v) is 18.3. The van der Waals surface area contributed by atoms with Gasteiger partial charge in [0.15, 0.2) is 0 Å². The van der Waals surface area contributed by atoms with Crippen molar-refractivity contribution in [3.05, 3.63) is 65.6 Å². The molecule has 0 saturated heterocycles. The number of aryl methyl sites for hydroxylation is 3. The van der Waals surface area contributed by atoms with E-state index in [1.807, 2.05) is 72.6 Å². The number of esters is 1. The van der Waals surface area contributed by atoms with Crippen molar-refractivity contribution in [1.82, 2.24) is 19.3 Å². The number of imidazole rings is 1. The summed E-state index contributed by atoms with van der Waals surface area (Å²) in [6, 6.07) is 13.8. The van der Waals surface area contributed by atoms with Gasteiger partial charge in [0, 0.05) is 19.2 Å². The largest absolute Gasteiger partial charge is 0.496 e. The predicted octanol–water partition coefficient (Wildman–Crippen LogP) is 4.06. The quantitative estimate of drug-likeness (QED) is 0.423. The van der Waals surface area contributed by atoms with Gasteiger partial charge in [-0.2, -0.15) is 5.10 Å². The van der Waals surface area contributed by atoms with Gasteiger partial charge in [-0.05, 0) is 55.3 Å². The van der Waals surface area contributed by atoms with Gasteiger partial charge in [-0.15, -0.1) is 0 Å². The second-order valence-corrected chi connectivity index (χ2v) is 7.56. The highest BCUT2D eigenvalue weighted by Gasteiger charge is 2.16. The van der Waals surface area contributed by atoms with Crippen molar-refractivity contribution in [3.8, 4) is 17.0 Å². The Morgan fingerprint density at radius 2 is 1.97 bits per heavy atom. The van der Waals surface area contributed by atoms with Crippen molar-refractivity contribution in [2.24, 2.45) is 7.05 Å². The molecular formula is C24H26N4O3. The number of ether oxygens (including phenoxy) is 2. The van der Waals surface area contributed by atoms with Gasteiger partial charge in [0.2, 0.25) is 0 Å². The molecule has 0 bridgehead atoms. The monoisotopic (exact) mass is 418 g/mol. The topological polar surface area (TPSA) is 71.2 Å².